The van der Waals surface area contributed by atoms with Crippen molar-refractivity contribution in [2.24, 2.45) is 5.10 Å². The Morgan fingerprint density at radius 3 is 2.09 bits per heavy atom. The highest BCUT2D eigenvalue weighted by Gasteiger charge is 2.05. The van der Waals surface area contributed by atoms with Crippen LogP contribution in [-0.2, 0) is 0 Å². The number of amides is 1. The molecule has 0 heterocycles. The van der Waals surface area contributed by atoms with Crippen molar-refractivity contribution in [3.63, 3.8) is 0 Å². The number of rotatable bonds is 4. The maximum Gasteiger partial charge on any atom is 0.271 e. The standard InChI is InChI=1S/C17H18ClN3O/c1-12(13-4-8-15(18)9-5-13)19-20-17(22)14-6-10-16(11-7-14)21(2)3/h4-11H,1-3H3,(H,20,22)/b19-12+. The van der Waals surface area contributed by atoms with Crippen LogP contribution < -0.4 is 10.3 Å². The summed E-state index contributed by atoms with van der Waals surface area (Å²) in [4.78, 5) is 14.0. The maximum absolute atomic E-state index is 12.1. The van der Waals surface area contributed by atoms with Crippen LogP contribution in [0.5, 0.6) is 0 Å². The Bertz CT molecular complexity index is 676. The molecule has 1 N–H and O–H groups in total. The fourth-order valence-electron chi connectivity index (χ4n) is 1.87. The van der Waals surface area contributed by atoms with E-state index < -0.39 is 0 Å². The molecule has 0 saturated heterocycles. The van der Waals surface area contributed by atoms with Gasteiger partial charge in [0.1, 0.15) is 0 Å². The highest BCUT2D eigenvalue weighted by Crippen LogP contribution is 2.12. The first kappa shape index (κ1) is 16.0. The second-order valence-electron chi connectivity index (χ2n) is 5.09. The molecule has 114 valence electrons. The predicted molar refractivity (Wildman–Crippen MR) is 91.9 cm³/mol. The predicted octanol–water partition coefficient (Wildman–Crippen LogP) is 3.56. The second-order valence-corrected chi connectivity index (χ2v) is 5.52. The molecular formula is C17H18ClN3O. The number of nitrogens with zero attached hydrogens (tertiary/aromatic N) is 2. The van der Waals surface area contributed by atoms with Crippen LogP contribution in [-0.4, -0.2) is 25.7 Å². The molecule has 1 amide bonds. The zero-order valence-corrected chi connectivity index (χ0v) is 13.6. The van der Waals surface area contributed by atoms with Gasteiger partial charge in [-0.25, -0.2) is 5.43 Å². The van der Waals surface area contributed by atoms with Gasteiger partial charge in [0.2, 0.25) is 0 Å². The molecule has 0 bridgehead atoms. The lowest BCUT2D eigenvalue weighted by Gasteiger charge is -2.12. The monoisotopic (exact) mass is 315 g/mol. The molecule has 0 atom stereocenters. The van der Waals surface area contributed by atoms with E-state index in [1.807, 2.05) is 50.2 Å². The van der Waals surface area contributed by atoms with Crippen LogP contribution in [0.3, 0.4) is 0 Å². The molecule has 2 aromatic carbocycles. The van der Waals surface area contributed by atoms with Crippen LogP contribution in [0.4, 0.5) is 5.69 Å². The molecule has 2 rings (SSSR count). The molecule has 0 aromatic heterocycles. The molecule has 0 aliphatic rings. The summed E-state index contributed by atoms with van der Waals surface area (Å²) >= 11 is 5.85. The highest BCUT2D eigenvalue weighted by atomic mass is 35.5. The van der Waals surface area contributed by atoms with Gasteiger partial charge in [-0.2, -0.15) is 5.10 Å². The number of halogens is 1. The van der Waals surface area contributed by atoms with Gasteiger partial charge in [0.05, 0.1) is 5.71 Å². The van der Waals surface area contributed by atoms with Crippen molar-refractivity contribution in [2.45, 2.75) is 6.92 Å². The Labute approximate surface area is 135 Å². The van der Waals surface area contributed by atoms with Gasteiger partial charge in [-0.1, -0.05) is 23.7 Å². The first-order valence-corrected chi connectivity index (χ1v) is 7.23. The van der Waals surface area contributed by atoms with E-state index in [0.717, 1.165) is 17.0 Å². The summed E-state index contributed by atoms with van der Waals surface area (Å²) in [5, 5.41) is 4.79. The number of hydrogen-bond donors (Lipinski definition) is 1. The van der Waals surface area contributed by atoms with E-state index in [9.17, 15) is 4.79 Å². The largest absolute Gasteiger partial charge is 0.378 e. The van der Waals surface area contributed by atoms with Gasteiger partial charge in [0.25, 0.3) is 5.91 Å². The minimum atomic E-state index is -0.237. The Balaban J connectivity index is 2.05. The molecule has 0 saturated carbocycles. The molecule has 4 nitrogen and oxygen atoms in total. The van der Waals surface area contributed by atoms with E-state index >= 15 is 0 Å². The van der Waals surface area contributed by atoms with Crippen molar-refractivity contribution in [1.82, 2.24) is 5.43 Å². The van der Waals surface area contributed by atoms with Crippen LogP contribution in [0, 0.1) is 0 Å². The summed E-state index contributed by atoms with van der Waals surface area (Å²) < 4.78 is 0. The van der Waals surface area contributed by atoms with Crippen molar-refractivity contribution in [2.75, 3.05) is 19.0 Å². The molecule has 0 fully saturated rings. The number of benzene rings is 2. The Kier molecular flexibility index (Phi) is 5.17. The summed E-state index contributed by atoms with van der Waals surface area (Å²) in [5.74, 6) is -0.237. The number of carbonyl (C=O) groups excluding carboxylic acids is 1. The van der Waals surface area contributed by atoms with E-state index in [1.165, 1.54) is 0 Å². The number of nitrogens with one attached hydrogen (secondary N) is 1. The van der Waals surface area contributed by atoms with Crippen molar-refractivity contribution in [3.8, 4) is 0 Å². The third kappa shape index (κ3) is 4.09. The summed E-state index contributed by atoms with van der Waals surface area (Å²) in [5.41, 5.74) is 5.80. The average molecular weight is 316 g/mol. The molecule has 22 heavy (non-hydrogen) atoms. The van der Waals surface area contributed by atoms with E-state index in [4.69, 9.17) is 11.6 Å². The van der Waals surface area contributed by atoms with Crippen molar-refractivity contribution in [1.29, 1.82) is 0 Å². The second kappa shape index (κ2) is 7.09. The van der Waals surface area contributed by atoms with Gasteiger partial charge in [-0.15, -0.1) is 0 Å². The van der Waals surface area contributed by atoms with Gasteiger partial charge in [-0.3, -0.25) is 4.79 Å². The quantitative estimate of drug-likeness (QED) is 0.692. The van der Waals surface area contributed by atoms with Crippen LogP contribution in [0.1, 0.15) is 22.8 Å². The molecule has 0 radical (unpaired) electrons. The first-order valence-electron chi connectivity index (χ1n) is 6.85. The Hall–Kier alpha value is -2.33. The third-order valence-electron chi connectivity index (χ3n) is 3.23. The smallest absolute Gasteiger partial charge is 0.271 e. The fraction of sp³-hybridized carbons (Fsp3) is 0.176. The van der Waals surface area contributed by atoms with E-state index in [1.54, 1.807) is 24.3 Å². The SMILES string of the molecule is C/C(=N\NC(=O)c1ccc(N(C)C)cc1)c1ccc(Cl)cc1. The summed E-state index contributed by atoms with van der Waals surface area (Å²) in [7, 11) is 3.91. The van der Waals surface area contributed by atoms with Crippen LogP contribution >= 0.6 is 11.6 Å². The third-order valence-corrected chi connectivity index (χ3v) is 3.49. The normalized spacial score (nSPS) is 11.2. The zero-order chi connectivity index (χ0) is 16.1. The minimum Gasteiger partial charge on any atom is -0.378 e. The highest BCUT2D eigenvalue weighted by molar-refractivity contribution is 6.30. The van der Waals surface area contributed by atoms with Gasteiger partial charge < -0.3 is 4.90 Å². The number of anilines is 1. The summed E-state index contributed by atoms with van der Waals surface area (Å²) in [6.45, 7) is 1.83. The van der Waals surface area contributed by atoms with Gasteiger partial charge in [0.15, 0.2) is 0 Å². The van der Waals surface area contributed by atoms with Crippen LogP contribution in [0.25, 0.3) is 0 Å². The van der Waals surface area contributed by atoms with Gasteiger partial charge in [0, 0.05) is 30.4 Å². The van der Waals surface area contributed by atoms with Crippen molar-refractivity contribution < 1.29 is 4.79 Å². The summed E-state index contributed by atoms with van der Waals surface area (Å²) in [6.07, 6.45) is 0. The van der Waals surface area contributed by atoms with Gasteiger partial charge in [-0.05, 0) is 48.9 Å². The fourth-order valence-corrected chi connectivity index (χ4v) is 1.99. The van der Waals surface area contributed by atoms with Crippen LogP contribution in [0.15, 0.2) is 53.6 Å². The van der Waals surface area contributed by atoms with E-state index in [-0.39, 0.29) is 5.91 Å². The van der Waals surface area contributed by atoms with E-state index in [2.05, 4.69) is 10.5 Å². The molecule has 0 spiro atoms. The summed E-state index contributed by atoms with van der Waals surface area (Å²) in [6, 6.07) is 14.6. The minimum absolute atomic E-state index is 0.237. The molecule has 0 aliphatic carbocycles. The zero-order valence-electron chi connectivity index (χ0n) is 12.8. The van der Waals surface area contributed by atoms with Crippen LogP contribution in [0.2, 0.25) is 5.02 Å². The number of carbonyl (C=O) groups is 1. The lowest BCUT2D eigenvalue weighted by molar-refractivity contribution is 0.0955. The molecule has 0 aliphatic heterocycles. The number of hydrogen-bond acceptors (Lipinski definition) is 3. The maximum atomic E-state index is 12.1. The number of hydrazone groups is 1. The van der Waals surface area contributed by atoms with Crippen molar-refractivity contribution in [3.05, 3.63) is 64.7 Å². The van der Waals surface area contributed by atoms with Crippen molar-refractivity contribution >= 4 is 28.9 Å². The molecular weight excluding hydrogens is 298 g/mol. The topological polar surface area (TPSA) is 44.7 Å². The lowest BCUT2D eigenvalue weighted by atomic mass is 10.1. The average Bonchev–Trinajstić information content (AvgIpc) is 2.53. The van der Waals surface area contributed by atoms with E-state index in [0.29, 0.717) is 10.6 Å². The Morgan fingerprint density at radius 2 is 1.55 bits per heavy atom. The Morgan fingerprint density at radius 1 is 1.00 bits per heavy atom. The molecule has 5 heteroatoms. The van der Waals surface area contributed by atoms with Gasteiger partial charge >= 0.3 is 0 Å². The lowest BCUT2D eigenvalue weighted by Crippen LogP contribution is -2.19. The molecule has 0 unspecified atom stereocenters. The first-order chi connectivity index (χ1) is 10.5. The molecule has 2 aromatic rings.